The number of hydrogen-bond acceptors (Lipinski definition) is 3. The van der Waals surface area contributed by atoms with Crippen LogP contribution in [0.15, 0.2) is 42.5 Å². The van der Waals surface area contributed by atoms with Crippen LogP contribution in [0.5, 0.6) is 0 Å². The third-order valence-corrected chi connectivity index (χ3v) is 2.85. The number of fused-ring (bicyclic) bond motifs is 1. The predicted octanol–water partition coefficient (Wildman–Crippen LogP) is 3.76. The molecule has 2 rings (SSSR count). The van der Waals surface area contributed by atoms with Crippen molar-refractivity contribution in [1.82, 2.24) is 0 Å². The first kappa shape index (κ1) is 16.7. The van der Waals surface area contributed by atoms with Crippen molar-refractivity contribution in [2.45, 2.75) is 26.7 Å². The number of esters is 1. The SMILES string of the molecule is CC.COC(=O)CCC(=O)Nc1cccc2ccccc12. The number of benzene rings is 2. The molecule has 0 atom stereocenters. The third kappa shape index (κ3) is 4.91. The van der Waals surface area contributed by atoms with E-state index in [0.29, 0.717) is 0 Å². The number of ether oxygens (including phenoxy) is 1. The lowest BCUT2D eigenvalue weighted by Gasteiger charge is -2.08. The summed E-state index contributed by atoms with van der Waals surface area (Å²) in [6.07, 6.45) is 0.211. The first-order chi connectivity index (χ1) is 10.2. The molecule has 21 heavy (non-hydrogen) atoms. The maximum atomic E-state index is 11.8. The Kier molecular flexibility index (Phi) is 6.95. The molecule has 2 aromatic carbocycles. The van der Waals surface area contributed by atoms with Gasteiger partial charge in [-0.3, -0.25) is 9.59 Å². The van der Waals surface area contributed by atoms with Gasteiger partial charge >= 0.3 is 5.97 Å². The normalized spacial score (nSPS) is 9.48. The van der Waals surface area contributed by atoms with Gasteiger partial charge < -0.3 is 10.1 Å². The van der Waals surface area contributed by atoms with Crippen molar-refractivity contribution in [2.75, 3.05) is 12.4 Å². The third-order valence-electron chi connectivity index (χ3n) is 2.85. The number of carbonyl (C=O) groups is 2. The molecule has 0 fully saturated rings. The zero-order chi connectivity index (χ0) is 15.7. The van der Waals surface area contributed by atoms with Crippen LogP contribution < -0.4 is 5.32 Å². The largest absolute Gasteiger partial charge is 0.469 e. The maximum absolute atomic E-state index is 11.8. The molecule has 4 heteroatoms. The van der Waals surface area contributed by atoms with Gasteiger partial charge in [0.05, 0.1) is 13.5 Å². The number of methoxy groups -OCH3 is 1. The second-order valence-corrected chi connectivity index (χ2v) is 4.15. The molecular formula is C17H21NO3. The fraction of sp³-hybridized carbons (Fsp3) is 0.294. The summed E-state index contributed by atoms with van der Waals surface area (Å²) in [5, 5.41) is 4.86. The van der Waals surface area contributed by atoms with E-state index in [1.54, 1.807) is 0 Å². The molecule has 0 saturated carbocycles. The molecule has 0 aliphatic heterocycles. The number of rotatable bonds is 4. The molecule has 0 radical (unpaired) electrons. The minimum atomic E-state index is -0.381. The van der Waals surface area contributed by atoms with Crippen LogP contribution in [0, 0.1) is 0 Å². The zero-order valence-corrected chi connectivity index (χ0v) is 12.7. The molecule has 0 aliphatic carbocycles. The highest BCUT2D eigenvalue weighted by molar-refractivity contribution is 6.02. The Balaban J connectivity index is 0.00000106. The smallest absolute Gasteiger partial charge is 0.306 e. The van der Waals surface area contributed by atoms with Gasteiger partial charge in [0.15, 0.2) is 0 Å². The molecule has 2 aromatic rings. The van der Waals surface area contributed by atoms with Gasteiger partial charge in [-0.05, 0) is 11.5 Å². The van der Waals surface area contributed by atoms with Gasteiger partial charge in [0.2, 0.25) is 5.91 Å². The summed E-state index contributed by atoms with van der Waals surface area (Å²) in [5.74, 6) is -0.574. The molecule has 4 nitrogen and oxygen atoms in total. The van der Waals surface area contributed by atoms with Crippen LogP contribution in [0.1, 0.15) is 26.7 Å². The molecule has 0 spiro atoms. The molecule has 0 bridgehead atoms. The number of anilines is 1. The Labute approximate surface area is 125 Å². The van der Waals surface area contributed by atoms with E-state index in [0.717, 1.165) is 16.5 Å². The van der Waals surface area contributed by atoms with Gasteiger partial charge in [0.1, 0.15) is 0 Å². The van der Waals surface area contributed by atoms with E-state index in [2.05, 4.69) is 10.1 Å². The zero-order valence-electron chi connectivity index (χ0n) is 12.7. The van der Waals surface area contributed by atoms with Gasteiger partial charge in [-0.15, -0.1) is 0 Å². The van der Waals surface area contributed by atoms with E-state index >= 15 is 0 Å². The topological polar surface area (TPSA) is 55.4 Å². The van der Waals surface area contributed by atoms with E-state index in [4.69, 9.17) is 0 Å². The summed E-state index contributed by atoms with van der Waals surface area (Å²) in [6.45, 7) is 4.00. The lowest BCUT2D eigenvalue weighted by Crippen LogP contribution is -2.14. The van der Waals surface area contributed by atoms with E-state index in [1.807, 2.05) is 56.3 Å². The molecule has 0 heterocycles. The molecule has 0 unspecified atom stereocenters. The molecular weight excluding hydrogens is 266 g/mol. The van der Waals surface area contributed by atoms with Crippen molar-refractivity contribution in [3.8, 4) is 0 Å². The van der Waals surface area contributed by atoms with Crippen molar-refractivity contribution in [3.63, 3.8) is 0 Å². The van der Waals surface area contributed by atoms with Gasteiger partial charge in [-0.1, -0.05) is 50.2 Å². The van der Waals surface area contributed by atoms with E-state index in [-0.39, 0.29) is 24.7 Å². The van der Waals surface area contributed by atoms with Gasteiger partial charge in [0.25, 0.3) is 0 Å². The molecule has 0 saturated heterocycles. The van der Waals surface area contributed by atoms with Gasteiger partial charge in [-0.2, -0.15) is 0 Å². The van der Waals surface area contributed by atoms with Crippen molar-refractivity contribution in [3.05, 3.63) is 42.5 Å². The van der Waals surface area contributed by atoms with Gasteiger partial charge in [0, 0.05) is 17.5 Å². The van der Waals surface area contributed by atoms with Crippen LogP contribution in [-0.4, -0.2) is 19.0 Å². The molecule has 1 N–H and O–H groups in total. The lowest BCUT2D eigenvalue weighted by atomic mass is 10.1. The summed E-state index contributed by atoms with van der Waals surface area (Å²) < 4.78 is 4.50. The minimum absolute atomic E-state index is 0.0904. The lowest BCUT2D eigenvalue weighted by molar-refractivity contribution is -0.141. The van der Waals surface area contributed by atoms with Gasteiger partial charge in [-0.25, -0.2) is 0 Å². The summed E-state index contributed by atoms with van der Waals surface area (Å²) in [7, 11) is 1.31. The average Bonchev–Trinajstić information content (AvgIpc) is 2.55. The van der Waals surface area contributed by atoms with Crippen molar-refractivity contribution in [2.24, 2.45) is 0 Å². The minimum Gasteiger partial charge on any atom is -0.469 e. The molecule has 0 aromatic heterocycles. The number of amides is 1. The summed E-state index contributed by atoms with van der Waals surface area (Å²) in [6, 6.07) is 13.5. The standard InChI is InChI=1S/C15H15NO3.C2H6/c1-19-15(18)10-9-14(17)16-13-8-4-6-11-5-2-3-7-12(11)13;1-2/h2-8H,9-10H2,1H3,(H,16,17);1-2H3. The van der Waals surface area contributed by atoms with E-state index < -0.39 is 0 Å². The molecule has 112 valence electrons. The number of carbonyl (C=O) groups excluding carboxylic acids is 2. The highest BCUT2D eigenvalue weighted by Crippen LogP contribution is 2.23. The van der Waals surface area contributed by atoms with Crippen LogP contribution in [-0.2, 0) is 14.3 Å². The van der Waals surface area contributed by atoms with Crippen LogP contribution in [0.25, 0.3) is 10.8 Å². The highest BCUT2D eigenvalue weighted by Gasteiger charge is 2.08. The Morgan fingerprint density at radius 3 is 2.38 bits per heavy atom. The first-order valence-electron chi connectivity index (χ1n) is 7.05. The first-order valence-corrected chi connectivity index (χ1v) is 7.05. The molecule has 0 aliphatic rings. The van der Waals surface area contributed by atoms with Crippen LogP contribution >= 0.6 is 0 Å². The Hall–Kier alpha value is -2.36. The monoisotopic (exact) mass is 287 g/mol. The fourth-order valence-electron chi connectivity index (χ4n) is 1.86. The van der Waals surface area contributed by atoms with Crippen LogP contribution in [0.2, 0.25) is 0 Å². The van der Waals surface area contributed by atoms with Crippen LogP contribution in [0.3, 0.4) is 0 Å². The molecule has 1 amide bonds. The Morgan fingerprint density at radius 1 is 1.00 bits per heavy atom. The predicted molar refractivity (Wildman–Crippen MR) is 85.2 cm³/mol. The summed E-state index contributed by atoms with van der Waals surface area (Å²) >= 11 is 0. The summed E-state index contributed by atoms with van der Waals surface area (Å²) in [5.41, 5.74) is 0.757. The van der Waals surface area contributed by atoms with E-state index in [1.165, 1.54) is 7.11 Å². The van der Waals surface area contributed by atoms with E-state index in [9.17, 15) is 9.59 Å². The Morgan fingerprint density at radius 2 is 1.67 bits per heavy atom. The van der Waals surface area contributed by atoms with Crippen molar-refractivity contribution >= 4 is 28.3 Å². The van der Waals surface area contributed by atoms with Crippen molar-refractivity contribution in [1.29, 1.82) is 0 Å². The second-order valence-electron chi connectivity index (χ2n) is 4.15. The average molecular weight is 287 g/mol. The van der Waals surface area contributed by atoms with Crippen molar-refractivity contribution < 1.29 is 14.3 Å². The maximum Gasteiger partial charge on any atom is 0.306 e. The number of hydrogen-bond donors (Lipinski definition) is 1. The fourth-order valence-corrected chi connectivity index (χ4v) is 1.86. The summed E-state index contributed by atoms with van der Waals surface area (Å²) in [4.78, 5) is 22.7. The second kappa shape index (κ2) is 8.74. The Bertz CT molecular complexity index is 603. The quantitative estimate of drug-likeness (QED) is 0.871. The number of nitrogens with one attached hydrogen (secondary N) is 1. The van der Waals surface area contributed by atoms with Crippen LogP contribution in [0.4, 0.5) is 5.69 Å². The highest BCUT2D eigenvalue weighted by atomic mass is 16.5.